The van der Waals surface area contributed by atoms with Crippen LogP contribution in [0.2, 0.25) is 0 Å². The van der Waals surface area contributed by atoms with Crippen LogP contribution in [0, 0.1) is 11.8 Å². The summed E-state index contributed by atoms with van der Waals surface area (Å²) in [6, 6.07) is 5.78. The van der Waals surface area contributed by atoms with Gasteiger partial charge in [0.2, 0.25) is 5.91 Å². The van der Waals surface area contributed by atoms with E-state index in [1.54, 1.807) is 0 Å². The second-order valence-electron chi connectivity index (χ2n) is 6.42. The summed E-state index contributed by atoms with van der Waals surface area (Å²) in [6.07, 6.45) is 3.02. The van der Waals surface area contributed by atoms with E-state index >= 15 is 0 Å². The summed E-state index contributed by atoms with van der Waals surface area (Å²) in [4.78, 5) is 17.0. The summed E-state index contributed by atoms with van der Waals surface area (Å²) in [5.74, 6) is 1.83. The minimum atomic E-state index is 0.00615. The third-order valence-corrected chi connectivity index (χ3v) is 5.63. The van der Waals surface area contributed by atoms with E-state index in [1.165, 1.54) is 11.3 Å². The van der Waals surface area contributed by atoms with Gasteiger partial charge in [0.25, 0.3) is 0 Å². The van der Waals surface area contributed by atoms with E-state index < -0.39 is 0 Å². The Labute approximate surface area is 150 Å². The maximum atomic E-state index is 12.5. The number of anilines is 1. The summed E-state index contributed by atoms with van der Waals surface area (Å²) in [7, 11) is 0. The van der Waals surface area contributed by atoms with Gasteiger partial charge in [-0.2, -0.15) is 0 Å². The van der Waals surface area contributed by atoms with Crippen LogP contribution in [0.15, 0.2) is 23.6 Å². The molecule has 2 aliphatic rings. The first kappa shape index (κ1) is 16.4. The number of thiazole rings is 1. The van der Waals surface area contributed by atoms with Gasteiger partial charge in [0, 0.05) is 16.9 Å². The Morgan fingerprint density at radius 3 is 2.96 bits per heavy atom. The number of benzene rings is 1. The van der Waals surface area contributed by atoms with Crippen molar-refractivity contribution in [2.45, 2.75) is 19.3 Å². The molecule has 0 bridgehead atoms. The number of aromatic nitrogens is 1. The van der Waals surface area contributed by atoms with E-state index in [-0.39, 0.29) is 17.7 Å². The highest BCUT2D eigenvalue weighted by Crippen LogP contribution is 2.36. The van der Waals surface area contributed by atoms with Crippen LogP contribution in [0.4, 0.5) is 5.13 Å². The minimum Gasteiger partial charge on any atom is -0.486 e. The van der Waals surface area contributed by atoms with Crippen molar-refractivity contribution in [3.8, 4) is 22.8 Å². The third kappa shape index (κ3) is 3.34. The van der Waals surface area contributed by atoms with E-state index in [0.29, 0.717) is 24.9 Å². The Morgan fingerprint density at radius 1 is 1.28 bits per heavy atom. The average molecular weight is 359 g/mol. The maximum absolute atomic E-state index is 12.5. The third-order valence-electron chi connectivity index (χ3n) is 4.87. The highest BCUT2D eigenvalue weighted by atomic mass is 32.1. The molecule has 2 atom stereocenters. The highest BCUT2D eigenvalue weighted by Gasteiger charge is 2.32. The molecule has 0 radical (unpaired) electrons. The average Bonchev–Trinajstić information content (AvgIpc) is 3.30. The summed E-state index contributed by atoms with van der Waals surface area (Å²) in [5.41, 5.74) is 7.54. The van der Waals surface area contributed by atoms with Crippen molar-refractivity contribution in [2.75, 3.05) is 25.1 Å². The number of carbonyl (C=O) groups excluding carboxylic acids is 1. The standard InChI is InChI=1S/C18H21N3O3S/c19-9-12-2-1-3-13(12)17(22)21-18-20-14(10-25-18)11-4-5-15-16(8-11)24-7-6-23-15/h4-5,8,10,12-13H,1-3,6-7,9,19H2,(H,20,21,22)/t12-,13-/m1/s1. The molecule has 1 aromatic heterocycles. The fraction of sp³-hybridized carbons (Fsp3) is 0.444. The smallest absolute Gasteiger partial charge is 0.229 e. The van der Waals surface area contributed by atoms with Crippen molar-refractivity contribution < 1.29 is 14.3 Å². The SMILES string of the molecule is NC[C@H]1CCC[C@H]1C(=O)Nc1nc(-c2ccc3c(c2)OCCO3)cs1. The molecule has 1 aliphatic heterocycles. The van der Waals surface area contributed by atoms with Crippen LogP contribution >= 0.6 is 11.3 Å². The van der Waals surface area contributed by atoms with Gasteiger partial charge < -0.3 is 20.5 Å². The fourth-order valence-corrected chi connectivity index (χ4v) is 4.25. The molecule has 7 heteroatoms. The van der Waals surface area contributed by atoms with Crippen LogP contribution < -0.4 is 20.5 Å². The van der Waals surface area contributed by atoms with Gasteiger partial charge in [-0.3, -0.25) is 4.79 Å². The topological polar surface area (TPSA) is 86.5 Å². The number of nitrogens with two attached hydrogens (primary N) is 1. The molecular weight excluding hydrogens is 338 g/mol. The van der Waals surface area contributed by atoms with E-state index in [2.05, 4.69) is 10.3 Å². The number of nitrogens with zero attached hydrogens (tertiary/aromatic N) is 1. The Balaban J connectivity index is 1.48. The molecule has 0 unspecified atom stereocenters. The summed E-state index contributed by atoms with van der Waals surface area (Å²) < 4.78 is 11.2. The molecule has 1 saturated carbocycles. The number of rotatable bonds is 4. The summed E-state index contributed by atoms with van der Waals surface area (Å²) in [6.45, 7) is 1.70. The van der Waals surface area contributed by atoms with E-state index in [4.69, 9.17) is 15.2 Å². The predicted molar refractivity (Wildman–Crippen MR) is 97.1 cm³/mol. The lowest BCUT2D eigenvalue weighted by Crippen LogP contribution is -2.29. The molecule has 1 amide bonds. The van der Waals surface area contributed by atoms with E-state index in [0.717, 1.165) is 42.0 Å². The fourth-order valence-electron chi connectivity index (χ4n) is 3.53. The lowest BCUT2D eigenvalue weighted by molar-refractivity contribution is -0.120. The Morgan fingerprint density at radius 2 is 2.12 bits per heavy atom. The number of nitrogens with one attached hydrogen (secondary N) is 1. The number of hydrogen-bond donors (Lipinski definition) is 2. The normalized spacial score (nSPS) is 22.0. The second-order valence-corrected chi connectivity index (χ2v) is 7.28. The van der Waals surface area contributed by atoms with E-state index in [9.17, 15) is 4.79 Å². The van der Waals surface area contributed by atoms with Gasteiger partial charge in [-0.1, -0.05) is 6.42 Å². The zero-order valence-corrected chi connectivity index (χ0v) is 14.7. The highest BCUT2D eigenvalue weighted by molar-refractivity contribution is 7.14. The van der Waals surface area contributed by atoms with Crippen LogP contribution in [0.25, 0.3) is 11.3 Å². The molecule has 4 rings (SSSR count). The summed E-state index contributed by atoms with van der Waals surface area (Å²) in [5, 5.41) is 5.52. The number of fused-ring (bicyclic) bond motifs is 1. The first-order valence-corrected chi connectivity index (χ1v) is 9.49. The van der Waals surface area contributed by atoms with Crippen LogP contribution in [0.5, 0.6) is 11.5 Å². The molecule has 132 valence electrons. The molecule has 2 heterocycles. The van der Waals surface area contributed by atoms with Gasteiger partial charge in [-0.05, 0) is 43.5 Å². The van der Waals surface area contributed by atoms with E-state index in [1.807, 2.05) is 23.6 Å². The number of amides is 1. The number of carbonyl (C=O) groups is 1. The van der Waals surface area contributed by atoms with Gasteiger partial charge in [-0.25, -0.2) is 4.98 Å². The van der Waals surface area contributed by atoms with Crippen molar-refractivity contribution in [3.63, 3.8) is 0 Å². The molecule has 3 N–H and O–H groups in total. The van der Waals surface area contributed by atoms with Crippen molar-refractivity contribution in [1.29, 1.82) is 0 Å². The molecule has 2 aromatic rings. The van der Waals surface area contributed by atoms with Crippen LogP contribution in [-0.2, 0) is 4.79 Å². The maximum Gasteiger partial charge on any atom is 0.229 e. The van der Waals surface area contributed by atoms with Crippen molar-refractivity contribution in [3.05, 3.63) is 23.6 Å². The van der Waals surface area contributed by atoms with Gasteiger partial charge in [-0.15, -0.1) is 11.3 Å². The number of ether oxygens (including phenoxy) is 2. The quantitative estimate of drug-likeness (QED) is 0.876. The molecule has 1 aliphatic carbocycles. The van der Waals surface area contributed by atoms with Gasteiger partial charge >= 0.3 is 0 Å². The molecule has 6 nitrogen and oxygen atoms in total. The van der Waals surface area contributed by atoms with Crippen molar-refractivity contribution >= 4 is 22.4 Å². The molecular formula is C18H21N3O3S. The van der Waals surface area contributed by atoms with Crippen LogP contribution in [-0.4, -0.2) is 30.6 Å². The van der Waals surface area contributed by atoms with Crippen molar-refractivity contribution in [1.82, 2.24) is 4.98 Å². The zero-order valence-electron chi connectivity index (χ0n) is 13.9. The van der Waals surface area contributed by atoms with Gasteiger partial charge in [0.05, 0.1) is 5.69 Å². The van der Waals surface area contributed by atoms with Gasteiger partial charge in [0.1, 0.15) is 13.2 Å². The van der Waals surface area contributed by atoms with Gasteiger partial charge in [0.15, 0.2) is 16.6 Å². The second kappa shape index (κ2) is 7.01. The summed E-state index contributed by atoms with van der Waals surface area (Å²) >= 11 is 1.43. The molecule has 25 heavy (non-hydrogen) atoms. The first-order chi connectivity index (χ1) is 12.2. The molecule has 1 fully saturated rings. The lowest BCUT2D eigenvalue weighted by atomic mass is 9.95. The van der Waals surface area contributed by atoms with Crippen LogP contribution in [0.3, 0.4) is 0 Å². The monoisotopic (exact) mass is 359 g/mol. The molecule has 0 spiro atoms. The minimum absolute atomic E-state index is 0.00615. The lowest BCUT2D eigenvalue weighted by Gasteiger charge is -2.18. The Bertz CT molecular complexity index is 777. The Kier molecular flexibility index (Phi) is 4.59. The molecule has 1 aromatic carbocycles. The predicted octanol–water partition coefficient (Wildman–Crippen LogP) is 2.89. The Hall–Kier alpha value is -2.12. The zero-order chi connectivity index (χ0) is 17.2. The van der Waals surface area contributed by atoms with Crippen molar-refractivity contribution in [2.24, 2.45) is 17.6 Å². The largest absolute Gasteiger partial charge is 0.486 e. The first-order valence-electron chi connectivity index (χ1n) is 8.61. The molecule has 0 saturated heterocycles. The number of hydrogen-bond acceptors (Lipinski definition) is 6. The van der Waals surface area contributed by atoms with Crippen LogP contribution in [0.1, 0.15) is 19.3 Å².